The summed E-state index contributed by atoms with van der Waals surface area (Å²) in [5.74, 6) is 5.88. The molecule has 0 aliphatic rings. The van der Waals surface area contributed by atoms with E-state index in [9.17, 15) is 4.79 Å². The molecule has 4 heterocycles. The number of hydrogen-bond donors (Lipinski definition) is 2. The molecule has 0 saturated heterocycles. The van der Waals surface area contributed by atoms with Crippen molar-refractivity contribution in [2.45, 2.75) is 19.9 Å². The molecule has 0 bridgehead atoms. The van der Waals surface area contributed by atoms with E-state index in [1.165, 1.54) is 4.52 Å². The molecule has 0 spiro atoms. The van der Waals surface area contributed by atoms with E-state index in [0.717, 1.165) is 32.6 Å². The van der Waals surface area contributed by atoms with Gasteiger partial charge < -0.3 is 11.1 Å². The van der Waals surface area contributed by atoms with E-state index in [1.54, 1.807) is 29.8 Å². The van der Waals surface area contributed by atoms with Crippen molar-refractivity contribution in [3.05, 3.63) is 76.9 Å². The minimum absolute atomic E-state index is 0.135. The van der Waals surface area contributed by atoms with Gasteiger partial charge in [-0.1, -0.05) is 36.3 Å². The number of thiophene rings is 1. The van der Waals surface area contributed by atoms with Gasteiger partial charge in [0.15, 0.2) is 11.5 Å². The van der Waals surface area contributed by atoms with Crippen molar-refractivity contribution in [1.82, 2.24) is 24.9 Å². The van der Waals surface area contributed by atoms with Crippen LogP contribution in [0.5, 0.6) is 0 Å². The summed E-state index contributed by atoms with van der Waals surface area (Å²) in [4.78, 5) is 22.5. The minimum atomic E-state index is -0.342. The molecule has 3 N–H and O–H groups in total. The highest BCUT2D eigenvalue weighted by Crippen LogP contribution is 2.34. The van der Waals surface area contributed by atoms with Gasteiger partial charge in [0.25, 0.3) is 5.91 Å². The molecule has 5 aromatic rings. The number of anilines is 1. The zero-order valence-corrected chi connectivity index (χ0v) is 18.9. The van der Waals surface area contributed by atoms with Gasteiger partial charge in [-0.3, -0.25) is 4.79 Å². The van der Waals surface area contributed by atoms with Crippen molar-refractivity contribution in [2.75, 3.05) is 5.73 Å². The quantitative estimate of drug-likeness (QED) is 0.393. The van der Waals surface area contributed by atoms with Crippen LogP contribution in [0.1, 0.15) is 41.4 Å². The molecule has 5 rings (SSSR count). The number of fused-ring (bicyclic) bond motifs is 2. The van der Waals surface area contributed by atoms with Crippen molar-refractivity contribution in [2.24, 2.45) is 0 Å². The Morgan fingerprint density at radius 2 is 2.06 bits per heavy atom. The minimum Gasteiger partial charge on any atom is -0.381 e. The van der Waals surface area contributed by atoms with Gasteiger partial charge in [0.2, 0.25) is 0 Å². The maximum absolute atomic E-state index is 13.2. The third-order valence-corrected chi connectivity index (χ3v) is 6.27. The molecule has 1 atom stereocenters. The van der Waals surface area contributed by atoms with Gasteiger partial charge in [-0.25, -0.2) is 14.5 Å². The van der Waals surface area contributed by atoms with Crippen LogP contribution in [-0.4, -0.2) is 25.5 Å². The lowest BCUT2D eigenvalue weighted by Crippen LogP contribution is -2.28. The van der Waals surface area contributed by atoms with E-state index in [4.69, 9.17) is 10.7 Å². The summed E-state index contributed by atoms with van der Waals surface area (Å²) >= 11 is 1.59. The average molecular weight is 453 g/mol. The van der Waals surface area contributed by atoms with Gasteiger partial charge in [0.1, 0.15) is 5.56 Å². The van der Waals surface area contributed by atoms with Crippen LogP contribution < -0.4 is 11.1 Å². The van der Waals surface area contributed by atoms with E-state index in [0.29, 0.717) is 5.65 Å². The van der Waals surface area contributed by atoms with Crippen molar-refractivity contribution < 1.29 is 4.79 Å². The van der Waals surface area contributed by atoms with Crippen molar-refractivity contribution in [1.29, 1.82) is 0 Å². The smallest absolute Gasteiger partial charge is 0.259 e. The predicted molar refractivity (Wildman–Crippen MR) is 131 cm³/mol. The fraction of sp³-hybridized carbons (Fsp3) is 0.120. The van der Waals surface area contributed by atoms with Crippen molar-refractivity contribution in [3.63, 3.8) is 0 Å². The average Bonchev–Trinajstić information content (AvgIpc) is 3.38. The second kappa shape index (κ2) is 8.37. The largest absolute Gasteiger partial charge is 0.381 e. The fourth-order valence-corrected chi connectivity index (χ4v) is 4.70. The number of aromatic nitrogens is 4. The Morgan fingerprint density at radius 3 is 2.85 bits per heavy atom. The lowest BCUT2D eigenvalue weighted by molar-refractivity contribution is 0.0942. The predicted octanol–water partition coefficient (Wildman–Crippen LogP) is 4.45. The molecule has 8 heteroatoms. The maximum Gasteiger partial charge on any atom is 0.259 e. The molecule has 1 aromatic carbocycles. The van der Waals surface area contributed by atoms with Crippen LogP contribution >= 0.6 is 11.3 Å². The third kappa shape index (κ3) is 3.69. The highest BCUT2D eigenvalue weighted by Gasteiger charge is 2.23. The summed E-state index contributed by atoms with van der Waals surface area (Å²) in [6, 6.07) is 13.4. The molecule has 7 nitrogen and oxygen atoms in total. The van der Waals surface area contributed by atoms with Crippen LogP contribution in [0.15, 0.2) is 60.2 Å². The number of carbonyl (C=O) groups excluding carboxylic acids is 1. The van der Waals surface area contributed by atoms with Crippen LogP contribution in [0.3, 0.4) is 0 Å². The van der Waals surface area contributed by atoms with Crippen LogP contribution in [0.4, 0.5) is 5.82 Å². The summed E-state index contributed by atoms with van der Waals surface area (Å²) in [6.07, 6.45) is 3.31. The van der Waals surface area contributed by atoms with Gasteiger partial charge in [0, 0.05) is 28.9 Å². The van der Waals surface area contributed by atoms with Gasteiger partial charge in [-0.2, -0.15) is 0 Å². The molecule has 1 amide bonds. The summed E-state index contributed by atoms with van der Waals surface area (Å²) in [5.41, 5.74) is 11.2. The summed E-state index contributed by atoms with van der Waals surface area (Å²) in [7, 11) is 0. The van der Waals surface area contributed by atoms with Crippen LogP contribution in [-0.2, 0) is 0 Å². The molecule has 0 saturated carbocycles. The Labute approximate surface area is 194 Å². The molecule has 0 aliphatic heterocycles. The number of nitrogen functional groups attached to an aromatic ring is 1. The van der Waals surface area contributed by atoms with Gasteiger partial charge in [-0.15, -0.1) is 22.4 Å². The fourth-order valence-electron chi connectivity index (χ4n) is 3.82. The molecule has 0 aliphatic carbocycles. The first-order valence-electron chi connectivity index (χ1n) is 10.4. The lowest BCUT2D eigenvalue weighted by Gasteiger charge is -2.18. The number of benzene rings is 1. The van der Waals surface area contributed by atoms with Crippen molar-refractivity contribution >= 4 is 38.9 Å². The van der Waals surface area contributed by atoms with Gasteiger partial charge >= 0.3 is 0 Å². The van der Waals surface area contributed by atoms with Crippen LogP contribution in [0.25, 0.3) is 27.1 Å². The number of nitrogens with two attached hydrogens (primary N) is 1. The highest BCUT2D eigenvalue weighted by molar-refractivity contribution is 7.17. The summed E-state index contributed by atoms with van der Waals surface area (Å²) in [5, 5.41) is 9.27. The molecule has 162 valence electrons. The monoisotopic (exact) mass is 452 g/mol. The summed E-state index contributed by atoms with van der Waals surface area (Å²) in [6.45, 7) is 3.75. The number of nitrogens with one attached hydrogen (secondary N) is 1. The standard InChI is InChI=1S/C25H20N6OS/c1-3-8-17-14-33-19-13-18(21(29-22(17)19)16-9-5-4-6-10-16)15(2)28-25(32)20-23(26)30-31-12-7-11-27-24(20)31/h4-7,9-15H,1-2H3,(H2,26,30)(H,28,32). The van der Waals surface area contributed by atoms with E-state index in [-0.39, 0.29) is 23.3 Å². The van der Waals surface area contributed by atoms with Crippen LogP contribution in [0.2, 0.25) is 0 Å². The number of rotatable bonds is 4. The molecule has 1 unspecified atom stereocenters. The van der Waals surface area contributed by atoms with E-state index in [2.05, 4.69) is 33.3 Å². The second-order valence-electron chi connectivity index (χ2n) is 7.51. The number of carbonyl (C=O) groups is 1. The first kappa shape index (κ1) is 20.7. The zero-order chi connectivity index (χ0) is 22.9. The molecular weight excluding hydrogens is 432 g/mol. The maximum atomic E-state index is 13.2. The van der Waals surface area contributed by atoms with Crippen LogP contribution in [0, 0.1) is 11.8 Å². The van der Waals surface area contributed by atoms with E-state index < -0.39 is 0 Å². The SMILES string of the molecule is CC#Cc1csc2cc(C(C)NC(=O)c3c(N)nn4cccnc34)c(-c3ccccc3)nc12. The molecule has 0 radical (unpaired) electrons. The van der Waals surface area contributed by atoms with E-state index in [1.807, 2.05) is 49.6 Å². The van der Waals surface area contributed by atoms with Gasteiger partial charge in [-0.05, 0) is 26.0 Å². The Kier molecular flexibility index (Phi) is 5.24. The van der Waals surface area contributed by atoms with Gasteiger partial charge in [0.05, 0.1) is 27.5 Å². The molecular formula is C25H20N6OS. The lowest BCUT2D eigenvalue weighted by atomic mass is 9.99. The first-order chi connectivity index (χ1) is 16.1. The summed E-state index contributed by atoms with van der Waals surface area (Å²) < 4.78 is 2.51. The number of hydrogen-bond acceptors (Lipinski definition) is 6. The highest BCUT2D eigenvalue weighted by atomic mass is 32.1. The molecule has 4 aromatic heterocycles. The Bertz CT molecular complexity index is 1560. The molecule has 0 fully saturated rings. The second-order valence-corrected chi connectivity index (χ2v) is 8.42. The normalized spacial score (nSPS) is 11.8. The number of pyridine rings is 1. The zero-order valence-electron chi connectivity index (χ0n) is 18.0. The number of nitrogens with zero attached hydrogens (tertiary/aromatic N) is 4. The van der Waals surface area contributed by atoms with E-state index >= 15 is 0 Å². The topological polar surface area (TPSA) is 98.2 Å². The Hall–Kier alpha value is -4.22. The molecule has 33 heavy (non-hydrogen) atoms. The Balaban J connectivity index is 1.58. The van der Waals surface area contributed by atoms with Crippen molar-refractivity contribution in [3.8, 4) is 23.1 Å². The first-order valence-corrected chi connectivity index (χ1v) is 11.2. The third-order valence-electron chi connectivity index (χ3n) is 5.35. The number of amides is 1. The Morgan fingerprint density at radius 1 is 1.24 bits per heavy atom.